The van der Waals surface area contributed by atoms with Crippen molar-refractivity contribution in [3.63, 3.8) is 0 Å². The second-order valence-corrected chi connectivity index (χ2v) is 7.12. The van der Waals surface area contributed by atoms with Gasteiger partial charge in [-0.2, -0.15) is 0 Å². The molecule has 0 heterocycles. The van der Waals surface area contributed by atoms with Crippen molar-refractivity contribution in [2.24, 2.45) is 0 Å². The number of hydrogen-bond donors (Lipinski definition) is 0. The predicted molar refractivity (Wildman–Crippen MR) is 94.0 cm³/mol. The Morgan fingerprint density at radius 1 is 1.04 bits per heavy atom. The van der Waals surface area contributed by atoms with Crippen molar-refractivity contribution in [1.82, 2.24) is 0 Å². The zero-order chi connectivity index (χ0) is 17.7. The molecule has 0 bridgehead atoms. The Bertz CT molecular complexity index is 801. The minimum absolute atomic E-state index is 0.00239. The molecule has 7 heteroatoms. The van der Waals surface area contributed by atoms with Crippen LogP contribution in [0.5, 0.6) is 5.75 Å². The van der Waals surface area contributed by atoms with Gasteiger partial charge in [-0.3, -0.25) is 4.79 Å². The minimum atomic E-state index is -4.02. The molecule has 0 fully saturated rings. The lowest BCUT2D eigenvalue weighted by Gasteiger charge is -2.22. The Labute approximate surface area is 146 Å². The molecule has 0 unspecified atom stereocenters. The molecule has 2 aromatic carbocycles. The highest BCUT2D eigenvalue weighted by Crippen LogP contribution is 2.27. The molecule has 0 saturated heterocycles. The number of halogens is 1. The number of anilines is 1. The standard InChI is InChI=1S/C17H18ClNO4S/c1-3-17(20)19(14-7-9-15(10-8-14)23-4-2)24(21,22)16-11-5-13(18)6-12-16/h5-12H,3-4H2,1-2H3. The number of benzene rings is 2. The number of hydrogen-bond acceptors (Lipinski definition) is 4. The Morgan fingerprint density at radius 2 is 1.62 bits per heavy atom. The van der Waals surface area contributed by atoms with E-state index in [0.29, 0.717) is 17.4 Å². The molecule has 2 aromatic rings. The highest BCUT2D eigenvalue weighted by Gasteiger charge is 2.29. The Kier molecular flexibility index (Phi) is 5.85. The molecule has 0 aromatic heterocycles. The second kappa shape index (κ2) is 7.68. The van der Waals surface area contributed by atoms with Gasteiger partial charge in [0.2, 0.25) is 5.91 Å². The number of amides is 1. The fourth-order valence-electron chi connectivity index (χ4n) is 2.12. The van der Waals surface area contributed by atoms with Crippen molar-refractivity contribution < 1.29 is 17.9 Å². The van der Waals surface area contributed by atoms with Gasteiger partial charge in [0.15, 0.2) is 0 Å². The quantitative estimate of drug-likeness (QED) is 0.777. The lowest BCUT2D eigenvalue weighted by Crippen LogP contribution is -2.36. The highest BCUT2D eigenvalue weighted by atomic mass is 35.5. The number of nitrogens with zero attached hydrogens (tertiary/aromatic N) is 1. The van der Waals surface area contributed by atoms with Crippen molar-refractivity contribution in [1.29, 1.82) is 0 Å². The summed E-state index contributed by atoms with van der Waals surface area (Å²) in [5, 5.41) is 0.420. The summed E-state index contributed by atoms with van der Waals surface area (Å²) in [7, 11) is -4.02. The molecule has 0 N–H and O–H groups in total. The number of rotatable bonds is 6. The van der Waals surface area contributed by atoms with Crippen LogP contribution in [-0.2, 0) is 14.8 Å². The summed E-state index contributed by atoms with van der Waals surface area (Å²) in [5.41, 5.74) is 0.264. The lowest BCUT2D eigenvalue weighted by molar-refractivity contribution is -0.117. The molecular formula is C17H18ClNO4S. The summed E-state index contributed by atoms with van der Waals surface area (Å²) < 4.78 is 31.9. The molecular weight excluding hydrogens is 350 g/mol. The van der Waals surface area contributed by atoms with Gasteiger partial charge >= 0.3 is 0 Å². The molecule has 0 spiro atoms. The van der Waals surface area contributed by atoms with Crippen LogP contribution < -0.4 is 9.04 Å². The van der Waals surface area contributed by atoms with Crippen molar-refractivity contribution in [3.05, 3.63) is 53.6 Å². The summed E-state index contributed by atoms with van der Waals surface area (Å²) in [5.74, 6) is 0.0862. The second-order valence-electron chi connectivity index (χ2n) is 4.90. The van der Waals surface area contributed by atoms with E-state index in [4.69, 9.17) is 16.3 Å². The van der Waals surface area contributed by atoms with Crippen LogP contribution >= 0.6 is 11.6 Å². The molecule has 0 aliphatic carbocycles. The Hall–Kier alpha value is -2.05. The van der Waals surface area contributed by atoms with Gasteiger partial charge in [-0.25, -0.2) is 12.7 Å². The van der Waals surface area contributed by atoms with Gasteiger partial charge in [0.25, 0.3) is 10.0 Å². The van der Waals surface area contributed by atoms with E-state index in [1.165, 1.54) is 24.3 Å². The number of ether oxygens (including phenoxy) is 1. The van der Waals surface area contributed by atoms with Crippen LogP contribution in [-0.4, -0.2) is 20.9 Å². The first-order valence-electron chi connectivity index (χ1n) is 7.46. The van der Waals surface area contributed by atoms with Gasteiger partial charge in [-0.15, -0.1) is 0 Å². The SMILES string of the molecule is CCOc1ccc(N(C(=O)CC)S(=O)(=O)c2ccc(Cl)cc2)cc1. The third-order valence-corrected chi connectivity index (χ3v) is 5.28. The first kappa shape index (κ1) is 18.3. The van der Waals surface area contributed by atoms with E-state index in [0.717, 1.165) is 4.31 Å². The molecule has 1 amide bonds. The van der Waals surface area contributed by atoms with Crippen molar-refractivity contribution in [2.45, 2.75) is 25.2 Å². The van der Waals surface area contributed by atoms with E-state index in [1.54, 1.807) is 31.2 Å². The van der Waals surface area contributed by atoms with E-state index in [1.807, 2.05) is 6.92 Å². The van der Waals surface area contributed by atoms with E-state index < -0.39 is 15.9 Å². The number of sulfonamides is 1. The number of carbonyl (C=O) groups excluding carboxylic acids is 1. The summed E-state index contributed by atoms with van der Waals surface area (Å²) in [6.45, 7) is 3.97. The fourth-order valence-corrected chi connectivity index (χ4v) is 3.73. The fraction of sp³-hybridized carbons (Fsp3) is 0.235. The lowest BCUT2D eigenvalue weighted by atomic mass is 10.3. The topological polar surface area (TPSA) is 63.7 Å². The van der Waals surface area contributed by atoms with E-state index in [2.05, 4.69) is 0 Å². The molecule has 0 atom stereocenters. The highest BCUT2D eigenvalue weighted by molar-refractivity contribution is 7.93. The summed E-state index contributed by atoms with van der Waals surface area (Å²) in [6.07, 6.45) is 0.0556. The van der Waals surface area contributed by atoms with Crippen molar-refractivity contribution in [3.8, 4) is 5.75 Å². The third-order valence-electron chi connectivity index (χ3n) is 3.26. The maximum atomic E-state index is 12.9. The number of carbonyl (C=O) groups is 1. The van der Waals surface area contributed by atoms with Crippen LogP contribution in [0.15, 0.2) is 53.4 Å². The average molecular weight is 368 g/mol. The van der Waals surface area contributed by atoms with E-state index >= 15 is 0 Å². The van der Waals surface area contributed by atoms with Gasteiger partial charge in [0.1, 0.15) is 5.75 Å². The van der Waals surface area contributed by atoms with Crippen LogP contribution in [0.2, 0.25) is 5.02 Å². The first-order valence-corrected chi connectivity index (χ1v) is 9.28. The van der Waals surface area contributed by atoms with Gasteiger partial charge < -0.3 is 4.74 Å². The Balaban J connectivity index is 2.48. The molecule has 2 rings (SSSR count). The smallest absolute Gasteiger partial charge is 0.270 e. The third kappa shape index (κ3) is 3.88. The summed E-state index contributed by atoms with van der Waals surface area (Å²) in [6, 6.07) is 12.1. The molecule has 0 radical (unpaired) electrons. The first-order chi connectivity index (χ1) is 11.4. The molecule has 0 saturated carbocycles. The van der Waals surface area contributed by atoms with E-state index in [-0.39, 0.29) is 17.0 Å². The zero-order valence-corrected chi connectivity index (χ0v) is 15.0. The van der Waals surface area contributed by atoms with Crippen LogP contribution in [0.25, 0.3) is 0 Å². The van der Waals surface area contributed by atoms with Crippen LogP contribution in [0.1, 0.15) is 20.3 Å². The minimum Gasteiger partial charge on any atom is -0.494 e. The summed E-state index contributed by atoms with van der Waals surface area (Å²) >= 11 is 5.81. The molecule has 128 valence electrons. The maximum absolute atomic E-state index is 12.9. The predicted octanol–water partition coefficient (Wildman–Crippen LogP) is 3.87. The zero-order valence-electron chi connectivity index (χ0n) is 13.4. The van der Waals surface area contributed by atoms with Crippen LogP contribution in [0.3, 0.4) is 0 Å². The van der Waals surface area contributed by atoms with E-state index in [9.17, 15) is 13.2 Å². The monoisotopic (exact) mass is 367 g/mol. The van der Waals surface area contributed by atoms with Gasteiger partial charge in [-0.1, -0.05) is 18.5 Å². The largest absolute Gasteiger partial charge is 0.494 e. The van der Waals surface area contributed by atoms with Gasteiger partial charge in [0, 0.05) is 11.4 Å². The molecule has 0 aliphatic rings. The molecule has 24 heavy (non-hydrogen) atoms. The van der Waals surface area contributed by atoms with Gasteiger partial charge in [-0.05, 0) is 55.5 Å². The normalized spacial score (nSPS) is 11.1. The van der Waals surface area contributed by atoms with Crippen LogP contribution in [0.4, 0.5) is 5.69 Å². The van der Waals surface area contributed by atoms with Crippen molar-refractivity contribution in [2.75, 3.05) is 10.9 Å². The average Bonchev–Trinajstić information content (AvgIpc) is 2.57. The molecule has 5 nitrogen and oxygen atoms in total. The molecule has 0 aliphatic heterocycles. The summed E-state index contributed by atoms with van der Waals surface area (Å²) in [4.78, 5) is 12.3. The maximum Gasteiger partial charge on any atom is 0.270 e. The van der Waals surface area contributed by atoms with Crippen molar-refractivity contribution >= 4 is 33.2 Å². The van der Waals surface area contributed by atoms with Gasteiger partial charge in [0.05, 0.1) is 17.2 Å². The van der Waals surface area contributed by atoms with Crippen LogP contribution in [0, 0.1) is 0 Å². The Morgan fingerprint density at radius 3 is 2.12 bits per heavy atom.